The minimum Gasteiger partial charge on any atom is -0.338 e. The number of amides is 3. The summed E-state index contributed by atoms with van der Waals surface area (Å²) in [7, 11) is 0. The number of carbonyl (C=O) groups is 2. The SMILES string of the molecule is O=C(CN1CCN(c2ncccn2)CC1)NC(=O)Nc1ccccc1F. The maximum absolute atomic E-state index is 13.5. The van der Waals surface area contributed by atoms with E-state index in [2.05, 4.69) is 20.6 Å². The predicted molar refractivity (Wildman–Crippen MR) is 94.2 cm³/mol. The summed E-state index contributed by atoms with van der Waals surface area (Å²) in [6, 6.07) is 6.77. The molecule has 0 radical (unpaired) electrons. The predicted octanol–water partition coefficient (Wildman–Crippen LogP) is 1.09. The third kappa shape index (κ3) is 4.73. The Kier molecular flexibility index (Phi) is 5.69. The van der Waals surface area contributed by atoms with E-state index in [4.69, 9.17) is 0 Å². The van der Waals surface area contributed by atoms with Gasteiger partial charge < -0.3 is 10.2 Å². The molecule has 2 heterocycles. The van der Waals surface area contributed by atoms with Crippen LogP contribution in [-0.2, 0) is 4.79 Å². The van der Waals surface area contributed by atoms with Crippen molar-refractivity contribution in [3.63, 3.8) is 0 Å². The van der Waals surface area contributed by atoms with Crippen LogP contribution in [-0.4, -0.2) is 59.5 Å². The van der Waals surface area contributed by atoms with Gasteiger partial charge in [-0.15, -0.1) is 0 Å². The minimum atomic E-state index is -0.753. The second kappa shape index (κ2) is 8.34. The number of halogens is 1. The molecule has 0 saturated carbocycles. The molecule has 1 aliphatic heterocycles. The highest BCUT2D eigenvalue weighted by atomic mass is 19.1. The van der Waals surface area contributed by atoms with Crippen LogP contribution in [0.1, 0.15) is 0 Å². The van der Waals surface area contributed by atoms with Crippen LogP contribution in [0.2, 0.25) is 0 Å². The average Bonchev–Trinajstić information content (AvgIpc) is 2.65. The first-order valence-electron chi connectivity index (χ1n) is 8.21. The maximum atomic E-state index is 13.5. The summed E-state index contributed by atoms with van der Waals surface area (Å²) < 4.78 is 13.5. The number of rotatable bonds is 4. The Labute approximate surface area is 150 Å². The van der Waals surface area contributed by atoms with Gasteiger partial charge in [0.2, 0.25) is 11.9 Å². The smallest absolute Gasteiger partial charge is 0.326 e. The van der Waals surface area contributed by atoms with Crippen LogP contribution in [0.25, 0.3) is 0 Å². The molecule has 1 aromatic carbocycles. The molecule has 1 fully saturated rings. The molecule has 3 amide bonds. The number of para-hydroxylation sites is 1. The Balaban J connectivity index is 1.43. The van der Waals surface area contributed by atoms with E-state index >= 15 is 0 Å². The lowest BCUT2D eigenvalue weighted by Crippen LogP contribution is -2.50. The van der Waals surface area contributed by atoms with Crippen molar-refractivity contribution in [3.8, 4) is 0 Å². The molecule has 1 aliphatic rings. The molecular weight excluding hydrogens is 339 g/mol. The highest BCUT2D eigenvalue weighted by molar-refractivity contribution is 6.01. The van der Waals surface area contributed by atoms with Crippen LogP contribution >= 0.6 is 0 Å². The lowest BCUT2D eigenvalue weighted by atomic mass is 10.3. The van der Waals surface area contributed by atoms with Crippen molar-refractivity contribution >= 4 is 23.6 Å². The van der Waals surface area contributed by atoms with Gasteiger partial charge in [0.15, 0.2) is 0 Å². The molecule has 2 aromatic rings. The molecule has 0 bridgehead atoms. The molecule has 3 rings (SSSR count). The van der Waals surface area contributed by atoms with Gasteiger partial charge >= 0.3 is 6.03 Å². The van der Waals surface area contributed by atoms with E-state index in [9.17, 15) is 14.0 Å². The molecule has 1 aromatic heterocycles. The summed E-state index contributed by atoms with van der Waals surface area (Å²) >= 11 is 0. The molecule has 9 heteroatoms. The number of urea groups is 1. The molecule has 26 heavy (non-hydrogen) atoms. The van der Waals surface area contributed by atoms with Crippen LogP contribution in [0, 0.1) is 5.82 Å². The highest BCUT2D eigenvalue weighted by Crippen LogP contribution is 2.12. The molecule has 8 nitrogen and oxygen atoms in total. The highest BCUT2D eigenvalue weighted by Gasteiger charge is 2.21. The Hall–Kier alpha value is -3.07. The first-order valence-corrected chi connectivity index (χ1v) is 8.21. The number of hydrogen-bond donors (Lipinski definition) is 2. The van der Waals surface area contributed by atoms with Gasteiger partial charge in [-0.05, 0) is 18.2 Å². The van der Waals surface area contributed by atoms with Gasteiger partial charge in [0, 0.05) is 38.6 Å². The summed E-state index contributed by atoms with van der Waals surface area (Å²) in [6.07, 6.45) is 3.38. The van der Waals surface area contributed by atoms with Gasteiger partial charge in [0.05, 0.1) is 12.2 Å². The third-order valence-electron chi connectivity index (χ3n) is 3.95. The number of nitrogens with one attached hydrogen (secondary N) is 2. The zero-order valence-corrected chi connectivity index (χ0v) is 14.1. The van der Waals surface area contributed by atoms with Crippen LogP contribution in [0.3, 0.4) is 0 Å². The number of nitrogens with zero attached hydrogens (tertiary/aromatic N) is 4. The molecule has 1 saturated heterocycles. The van der Waals surface area contributed by atoms with Gasteiger partial charge in [0.1, 0.15) is 5.82 Å². The van der Waals surface area contributed by atoms with Gasteiger partial charge in [-0.25, -0.2) is 19.2 Å². The monoisotopic (exact) mass is 358 g/mol. The molecule has 136 valence electrons. The molecular formula is C17H19FN6O2. The summed E-state index contributed by atoms with van der Waals surface area (Å²) in [5.74, 6) is -0.335. The first kappa shape index (κ1) is 17.7. The first-order chi connectivity index (χ1) is 12.6. The second-order valence-corrected chi connectivity index (χ2v) is 5.79. The molecule has 0 spiro atoms. The van der Waals surface area contributed by atoms with E-state index in [1.807, 2.05) is 9.80 Å². The summed E-state index contributed by atoms with van der Waals surface area (Å²) in [5, 5.41) is 4.53. The largest absolute Gasteiger partial charge is 0.338 e. The van der Waals surface area contributed by atoms with Crippen LogP contribution in [0.4, 0.5) is 20.8 Å². The summed E-state index contributed by atoms with van der Waals surface area (Å²) in [6.45, 7) is 2.78. The fourth-order valence-electron chi connectivity index (χ4n) is 2.65. The van der Waals surface area contributed by atoms with E-state index in [0.717, 1.165) is 0 Å². The van der Waals surface area contributed by atoms with Crippen molar-refractivity contribution in [1.82, 2.24) is 20.2 Å². The number of carbonyl (C=O) groups excluding carboxylic acids is 2. The van der Waals surface area contributed by atoms with E-state index in [-0.39, 0.29) is 12.2 Å². The van der Waals surface area contributed by atoms with Crippen LogP contribution in [0.15, 0.2) is 42.7 Å². The zero-order chi connectivity index (χ0) is 18.4. The lowest BCUT2D eigenvalue weighted by molar-refractivity contribution is -0.121. The molecule has 2 N–H and O–H groups in total. The van der Waals surface area contributed by atoms with Gasteiger partial charge in [0.25, 0.3) is 0 Å². The molecule has 0 atom stereocenters. The number of aromatic nitrogens is 2. The quantitative estimate of drug-likeness (QED) is 0.850. The van der Waals surface area contributed by atoms with E-state index < -0.39 is 17.8 Å². The average molecular weight is 358 g/mol. The molecule has 0 unspecified atom stereocenters. The zero-order valence-electron chi connectivity index (χ0n) is 14.1. The van der Waals surface area contributed by atoms with Crippen molar-refractivity contribution in [3.05, 3.63) is 48.5 Å². The standard InChI is InChI=1S/C17H19FN6O2/c18-13-4-1-2-5-14(13)21-17(26)22-15(25)12-23-8-10-24(11-9-23)16-19-6-3-7-20-16/h1-7H,8-12H2,(H2,21,22,25,26). The Morgan fingerprint density at radius 3 is 2.42 bits per heavy atom. The van der Waals surface area contributed by atoms with Crippen molar-refractivity contribution in [2.75, 3.05) is 42.9 Å². The van der Waals surface area contributed by atoms with Gasteiger partial charge in [-0.3, -0.25) is 15.0 Å². The Bertz CT molecular complexity index is 765. The maximum Gasteiger partial charge on any atom is 0.326 e. The van der Waals surface area contributed by atoms with E-state index in [1.165, 1.54) is 18.2 Å². The second-order valence-electron chi connectivity index (χ2n) is 5.79. The fraction of sp³-hybridized carbons (Fsp3) is 0.294. The van der Waals surface area contributed by atoms with Crippen LogP contribution in [0.5, 0.6) is 0 Å². The summed E-state index contributed by atoms with van der Waals surface area (Å²) in [5.41, 5.74) is 0.0225. The number of hydrogen-bond acceptors (Lipinski definition) is 6. The number of anilines is 2. The third-order valence-corrected chi connectivity index (χ3v) is 3.95. The number of benzene rings is 1. The minimum absolute atomic E-state index is 0.0225. The van der Waals surface area contributed by atoms with Gasteiger partial charge in [-0.1, -0.05) is 12.1 Å². The number of piperazine rings is 1. The van der Waals surface area contributed by atoms with Gasteiger partial charge in [-0.2, -0.15) is 0 Å². The Morgan fingerprint density at radius 1 is 1.04 bits per heavy atom. The topological polar surface area (TPSA) is 90.5 Å². The van der Waals surface area contributed by atoms with Crippen molar-refractivity contribution < 1.29 is 14.0 Å². The van der Waals surface area contributed by atoms with Crippen molar-refractivity contribution in [2.45, 2.75) is 0 Å². The van der Waals surface area contributed by atoms with E-state index in [0.29, 0.717) is 32.1 Å². The van der Waals surface area contributed by atoms with Crippen LogP contribution < -0.4 is 15.5 Å². The number of imide groups is 1. The van der Waals surface area contributed by atoms with E-state index in [1.54, 1.807) is 24.5 Å². The molecule has 0 aliphatic carbocycles. The normalized spacial score (nSPS) is 14.7. The fourth-order valence-corrected chi connectivity index (χ4v) is 2.65. The Morgan fingerprint density at radius 2 is 1.73 bits per heavy atom. The van der Waals surface area contributed by atoms with Crippen molar-refractivity contribution in [2.24, 2.45) is 0 Å². The lowest BCUT2D eigenvalue weighted by Gasteiger charge is -2.34. The summed E-state index contributed by atoms with van der Waals surface area (Å²) in [4.78, 5) is 36.2. The van der Waals surface area contributed by atoms with Crippen molar-refractivity contribution in [1.29, 1.82) is 0 Å².